The van der Waals surface area contributed by atoms with E-state index in [2.05, 4.69) is 19.8 Å². The molecule has 10 heteroatoms. The largest absolute Gasteiger partial charge is 0.411 e. The first-order valence-corrected chi connectivity index (χ1v) is 10.3. The molecule has 1 aromatic carbocycles. The maximum Gasteiger partial charge on any atom is 0.411 e. The van der Waals surface area contributed by atoms with Crippen LogP contribution in [0, 0.1) is 6.92 Å². The molecule has 0 saturated carbocycles. The lowest BCUT2D eigenvalue weighted by Crippen LogP contribution is -2.49. The highest BCUT2D eigenvalue weighted by molar-refractivity contribution is 5.76. The van der Waals surface area contributed by atoms with Crippen molar-refractivity contribution in [1.29, 1.82) is 0 Å². The number of carbonyl (C=O) groups excluding carboxylic acids is 1. The molecule has 1 saturated heterocycles. The topological polar surface area (TPSA) is 71.7 Å². The molecule has 2 aromatic rings. The molecule has 0 N–H and O–H groups in total. The number of amides is 1. The van der Waals surface area contributed by atoms with Crippen molar-refractivity contribution in [2.75, 3.05) is 45.9 Å². The van der Waals surface area contributed by atoms with Gasteiger partial charge in [0.2, 0.25) is 17.6 Å². The van der Waals surface area contributed by atoms with Crippen LogP contribution in [0.5, 0.6) is 0 Å². The first-order valence-electron chi connectivity index (χ1n) is 10.3. The Morgan fingerprint density at radius 3 is 2.55 bits per heavy atom. The van der Waals surface area contributed by atoms with Crippen LogP contribution >= 0.6 is 0 Å². The van der Waals surface area contributed by atoms with E-state index in [4.69, 9.17) is 4.52 Å². The second-order valence-corrected chi connectivity index (χ2v) is 7.62. The molecular formula is C21H27F3N4O3. The maximum atomic E-state index is 12.1. The Morgan fingerprint density at radius 2 is 1.87 bits per heavy atom. The summed E-state index contributed by atoms with van der Waals surface area (Å²) in [6.45, 7) is 3.93. The van der Waals surface area contributed by atoms with E-state index in [0.29, 0.717) is 31.2 Å². The number of piperazine rings is 1. The fourth-order valence-electron chi connectivity index (χ4n) is 3.36. The summed E-state index contributed by atoms with van der Waals surface area (Å²) >= 11 is 0. The SMILES string of the molecule is Cc1ccc(-c2noc(CCCN3CCN(C(=O)CCOCC(F)(F)F)CC3)n2)cc1. The van der Waals surface area contributed by atoms with E-state index in [0.717, 1.165) is 31.6 Å². The third kappa shape index (κ3) is 7.62. The summed E-state index contributed by atoms with van der Waals surface area (Å²) in [5, 5.41) is 4.04. The van der Waals surface area contributed by atoms with Crippen LogP contribution in [0.1, 0.15) is 24.3 Å². The Balaban J connectivity index is 1.32. The van der Waals surface area contributed by atoms with Gasteiger partial charge in [0.05, 0.1) is 13.0 Å². The van der Waals surface area contributed by atoms with Crippen molar-refractivity contribution in [3.05, 3.63) is 35.7 Å². The van der Waals surface area contributed by atoms with Gasteiger partial charge in [-0.25, -0.2) is 0 Å². The van der Waals surface area contributed by atoms with Gasteiger partial charge in [-0.15, -0.1) is 0 Å². The van der Waals surface area contributed by atoms with E-state index in [1.54, 1.807) is 4.90 Å². The highest BCUT2D eigenvalue weighted by atomic mass is 19.4. The Kier molecular flexibility index (Phi) is 8.03. The van der Waals surface area contributed by atoms with E-state index in [1.807, 2.05) is 31.2 Å². The number of aryl methyl sites for hydroxylation is 2. The zero-order valence-electron chi connectivity index (χ0n) is 17.5. The Bertz CT molecular complexity index is 831. The number of hydrogen-bond donors (Lipinski definition) is 0. The quantitative estimate of drug-likeness (QED) is 0.558. The zero-order valence-corrected chi connectivity index (χ0v) is 17.5. The van der Waals surface area contributed by atoms with Gasteiger partial charge < -0.3 is 14.2 Å². The number of ether oxygens (including phenoxy) is 1. The smallest absolute Gasteiger partial charge is 0.372 e. The molecule has 0 spiro atoms. The van der Waals surface area contributed by atoms with Gasteiger partial charge >= 0.3 is 6.18 Å². The summed E-state index contributed by atoms with van der Waals surface area (Å²) in [6, 6.07) is 7.94. The van der Waals surface area contributed by atoms with Gasteiger partial charge in [-0.2, -0.15) is 18.2 Å². The minimum Gasteiger partial charge on any atom is -0.372 e. The second kappa shape index (κ2) is 10.7. The molecule has 0 radical (unpaired) electrons. The van der Waals surface area contributed by atoms with Crippen molar-refractivity contribution in [1.82, 2.24) is 19.9 Å². The summed E-state index contributed by atoms with van der Waals surface area (Å²) < 4.78 is 46.0. The minimum absolute atomic E-state index is 0.0312. The molecule has 1 fully saturated rings. The third-order valence-electron chi connectivity index (χ3n) is 5.09. The van der Waals surface area contributed by atoms with Gasteiger partial charge in [-0.1, -0.05) is 35.0 Å². The van der Waals surface area contributed by atoms with Gasteiger partial charge in [0.15, 0.2) is 0 Å². The van der Waals surface area contributed by atoms with Gasteiger partial charge in [-0.05, 0) is 19.9 Å². The van der Waals surface area contributed by atoms with Crippen LogP contribution in [0.25, 0.3) is 11.4 Å². The number of alkyl halides is 3. The van der Waals surface area contributed by atoms with Crippen molar-refractivity contribution in [2.45, 2.75) is 32.4 Å². The molecule has 170 valence electrons. The Hall–Kier alpha value is -2.46. The normalized spacial score (nSPS) is 15.4. The number of carbonyl (C=O) groups is 1. The van der Waals surface area contributed by atoms with Crippen molar-refractivity contribution in [3.63, 3.8) is 0 Å². The van der Waals surface area contributed by atoms with Gasteiger partial charge in [0, 0.05) is 38.2 Å². The lowest BCUT2D eigenvalue weighted by Gasteiger charge is -2.34. The van der Waals surface area contributed by atoms with Crippen molar-refractivity contribution >= 4 is 5.91 Å². The molecule has 1 amide bonds. The molecule has 0 aliphatic carbocycles. The molecule has 1 aromatic heterocycles. The minimum atomic E-state index is -4.36. The summed E-state index contributed by atoms with van der Waals surface area (Å²) in [5.41, 5.74) is 2.09. The Labute approximate surface area is 179 Å². The van der Waals surface area contributed by atoms with Crippen LogP contribution in [0.4, 0.5) is 13.2 Å². The molecule has 7 nitrogen and oxygen atoms in total. The van der Waals surface area contributed by atoms with Crippen LogP contribution in [-0.4, -0.2) is 78.0 Å². The first kappa shape index (κ1) is 23.2. The molecule has 1 aliphatic rings. The van der Waals surface area contributed by atoms with E-state index < -0.39 is 12.8 Å². The number of aromatic nitrogens is 2. The Morgan fingerprint density at radius 1 is 1.16 bits per heavy atom. The summed E-state index contributed by atoms with van der Waals surface area (Å²) in [5.74, 6) is 1.01. The van der Waals surface area contributed by atoms with Crippen LogP contribution in [0.3, 0.4) is 0 Å². The van der Waals surface area contributed by atoms with Crippen molar-refractivity contribution < 1.29 is 27.2 Å². The number of hydrogen-bond acceptors (Lipinski definition) is 6. The number of benzene rings is 1. The lowest BCUT2D eigenvalue weighted by molar-refractivity contribution is -0.175. The number of nitrogens with zero attached hydrogens (tertiary/aromatic N) is 4. The molecular weight excluding hydrogens is 413 g/mol. The van der Waals surface area contributed by atoms with Crippen molar-refractivity contribution in [2.24, 2.45) is 0 Å². The highest BCUT2D eigenvalue weighted by Gasteiger charge is 2.27. The summed E-state index contributed by atoms with van der Waals surface area (Å²) in [7, 11) is 0. The molecule has 31 heavy (non-hydrogen) atoms. The lowest BCUT2D eigenvalue weighted by atomic mass is 10.1. The van der Waals surface area contributed by atoms with Crippen LogP contribution in [-0.2, 0) is 16.0 Å². The molecule has 1 aliphatic heterocycles. The third-order valence-corrected chi connectivity index (χ3v) is 5.09. The fraction of sp³-hybridized carbons (Fsp3) is 0.571. The zero-order chi connectivity index (χ0) is 22.3. The highest BCUT2D eigenvalue weighted by Crippen LogP contribution is 2.17. The second-order valence-electron chi connectivity index (χ2n) is 7.62. The predicted octanol–water partition coefficient (Wildman–Crippen LogP) is 3.09. The fourth-order valence-corrected chi connectivity index (χ4v) is 3.36. The number of halogens is 3. The average molecular weight is 440 g/mol. The first-order chi connectivity index (χ1) is 14.8. The van der Waals surface area contributed by atoms with Crippen molar-refractivity contribution in [3.8, 4) is 11.4 Å². The van der Waals surface area contributed by atoms with Crippen LogP contribution < -0.4 is 0 Å². The molecule has 2 heterocycles. The maximum absolute atomic E-state index is 12.1. The van der Waals surface area contributed by atoms with E-state index in [-0.39, 0.29) is 18.9 Å². The van der Waals surface area contributed by atoms with E-state index in [9.17, 15) is 18.0 Å². The molecule has 0 atom stereocenters. The van der Waals surface area contributed by atoms with E-state index >= 15 is 0 Å². The molecule has 0 unspecified atom stereocenters. The number of rotatable bonds is 9. The predicted molar refractivity (Wildman–Crippen MR) is 107 cm³/mol. The summed E-state index contributed by atoms with van der Waals surface area (Å²) in [6.07, 6.45) is -2.86. The van der Waals surface area contributed by atoms with Crippen LogP contribution in [0.15, 0.2) is 28.8 Å². The summed E-state index contributed by atoms with van der Waals surface area (Å²) in [4.78, 5) is 20.5. The molecule has 0 bridgehead atoms. The van der Waals surface area contributed by atoms with Gasteiger partial charge in [0.25, 0.3) is 0 Å². The monoisotopic (exact) mass is 440 g/mol. The average Bonchev–Trinajstić information content (AvgIpc) is 3.20. The van der Waals surface area contributed by atoms with Gasteiger partial charge in [-0.3, -0.25) is 9.69 Å². The molecule has 3 rings (SSSR count). The van der Waals surface area contributed by atoms with Gasteiger partial charge in [0.1, 0.15) is 6.61 Å². The van der Waals surface area contributed by atoms with Crippen LogP contribution in [0.2, 0.25) is 0 Å². The standard InChI is InChI=1S/C21H27F3N4O3/c1-16-4-6-17(7-5-16)20-25-18(31-26-20)3-2-9-27-10-12-28(13-11-27)19(29)8-14-30-15-21(22,23)24/h4-7H,2-3,8-15H2,1H3. The van der Waals surface area contributed by atoms with E-state index in [1.165, 1.54) is 5.56 Å².